The van der Waals surface area contributed by atoms with Crippen LogP contribution in [0.1, 0.15) is 30.4 Å². The highest BCUT2D eigenvalue weighted by atomic mass is 32.2. The van der Waals surface area contributed by atoms with E-state index >= 15 is 0 Å². The molecule has 0 N–H and O–H groups in total. The Labute approximate surface area is 145 Å². The normalized spacial score (nSPS) is 20.4. The number of hydrogen-bond donors (Lipinski definition) is 0. The smallest absolute Gasteiger partial charge is 0.160 e. The number of thioether (sulfide) groups is 1. The second kappa shape index (κ2) is 7.19. The molecule has 1 saturated carbocycles. The van der Waals surface area contributed by atoms with Crippen molar-refractivity contribution in [2.45, 2.75) is 31.2 Å². The third-order valence-electron chi connectivity index (χ3n) is 4.56. The van der Waals surface area contributed by atoms with Crippen LogP contribution >= 0.6 is 11.8 Å². The van der Waals surface area contributed by atoms with Gasteiger partial charge in [0.15, 0.2) is 17.5 Å². The summed E-state index contributed by atoms with van der Waals surface area (Å²) in [6, 6.07) is 4.42. The molecule has 0 spiro atoms. The molecule has 0 unspecified atom stereocenters. The van der Waals surface area contributed by atoms with Gasteiger partial charge in [-0.3, -0.25) is 0 Å². The van der Waals surface area contributed by atoms with Gasteiger partial charge in [-0.25, -0.2) is 18.4 Å². The Balaban J connectivity index is 1.91. The molecule has 24 heavy (non-hydrogen) atoms. The highest BCUT2D eigenvalue weighted by Gasteiger charge is 2.35. The van der Waals surface area contributed by atoms with E-state index in [1.165, 1.54) is 6.07 Å². The number of hydrogen-bond acceptors (Lipinski definition) is 4. The summed E-state index contributed by atoms with van der Waals surface area (Å²) in [6.07, 6.45) is 4.84. The van der Waals surface area contributed by atoms with E-state index in [0.29, 0.717) is 17.6 Å². The van der Waals surface area contributed by atoms with Gasteiger partial charge < -0.3 is 4.90 Å². The highest BCUT2D eigenvalue weighted by Crippen LogP contribution is 2.39. The summed E-state index contributed by atoms with van der Waals surface area (Å²) < 4.78 is 28.5. The van der Waals surface area contributed by atoms with Gasteiger partial charge in [0.2, 0.25) is 0 Å². The molecule has 0 bridgehead atoms. The number of aromatic nitrogens is 3. The summed E-state index contributed by atoms with van der Waals surface area (Å²) >= 11 is 1.74. The van der Waals surface area contributed by atoms with Gasteiger partial charge in [-0.15, -0.1) is 0 Å². The molecule has 7 heteroatoms. The maximum atomic E-state index is 13.6. The molecule has 1 aromatic heterocycles. The third-order valence-corrected chi connectivity index (χ3v) is 5.17. The molecule has 130 valence electrons. The number of aryl methyl sites for hydroxylation is 1. The SMILES string of the molecule is CSCCc1nc(C2CC(N(C)C)C2)n(-c2ccc(F)c(F)c2)n1. The molecule has 0 atom stereocenters. The van der Waals surface area contributed by atoms with Gasteiger partial charge in [0.05, 0.1) is 5.69 Å². The molecule has 2 aromatic rings. The first-order chi connectivity index (χ1) is 11.5. The van der Waals surface area contributed by atoms with E-state index in [2.05, 4.69) is 24.1 Å². The molecule has 1 aliphatic rings. The molecule has 3 rings (SSSR count). The van der Waals surface area contributed by atoms with Crippen LogP contribution in [0.25, 0.3) is 5.69 Å². The van der Waals surface area contributed by atoms with Gasteiger partial charge >= 0.3 is 0 Å². The van der Waals surface area contributed by atoms with Crippen molar-refractivity contribution in [3.05, 3.63) is 41.5 Å². The first kappa shape index (κ1) is 17.4. The van der Waals surface area contributed by atoms with Gasteiger partial charge in [0, 0.05) is 30.2 Å². The van der Waals surface area contributed by atoms with E-state index in [9.17, 15) is 8.78 Å². The molecule has 0 radical (unpaired) electrons. The van der Waals surface area contributed by atoms with Crippen molar-refractivity contribution in [1.29, 1.82) is 0 Å². The Bertz CT molecular complexity index is 711. The Morgan fingerprint density at radius 2 is 2.00 bits per heavy atom. The average molecular weight is 352 g/mol. The van der Waals surface area contributed by atoms with Gasteiger partial charge in [0.25, 0.3) is 0 Å². The summed E-state index contributed by atoms with van der Waals surface area (Å²) in [4.78, 5) is 6.91. The zero-order chi connectivity index (χ0) is 17.3. The Hall–Kier alpha value is -1.47. The minimum Gasteiger partial charge on any atom is -0.306 e. The van der Waals surface area contributed by atoms with Crippen molar-refractivity contribution < 1.29 is 8.78 Å². The predicted molar refractivity (Wildman–Crippen MR) is 92.8 cm³/mol. The maximum Gasteiger partial charge on any atom is 0.160 e. The number of benzene rings is 1. The van der Waals surface area contributed by atoms with E-state index in [1.54, 1.807) is 22.5 Å². The standard InChI is InChI=1S/C17H22F2N4S/c1-22(2)13-8-11(9-13)17-20-16(6-7-24-3)21-23(17)12-4-5-14(18)15(19)10-12/h4-5,10-11,13H,6-9H2,1-3H3. The summed E-state index contributed by atoms with van der Waals surface area (Å²) in [6.45, 7) is 0. The molecule has 1 fully saturated rings. The molecule has 0 amide bonds. The lowest BCUT2D eigenvalue weighted by Gasteiger charge is -2.39. The second-order valence-corrected chi connectivity index (χ2v) is 7.41. The van der Waals surface area contributed by atoms with Gasteiger partial charge in [-0.05, 0) is 45.3 Å². The van der Waals surface area contributed by atoms with Crippen molar-refractivity contribution in [2.75, 3.05) is 26.1 Å². The van der Waals surface area contributed by atoms with Crippen LogP contribution in [0, 0.1) is 11.6 Å². The molecular weight excluding hydrogens is 330 g/mol. The molecule has 1 heterocycles. The van der Waals surface area contributed by atoms with Crippen LogP contribution in [-0.2, 0) is 6.42 Å². The maximum absolute atomic E-state index is 13.6. The van der Waals surface area contributed by atoms with Crippen LogP contribution in [-0.4, -0.2) is 51.8 Å². The Kier molecular flexibility index (Phi) is 5.20. The predicted octanol–water partition coefficient (Wildman–Crippen LogP) is 3.26. The lowest BCUT2D eigenvalue weighted by atomic mass is 9.79. The second-order valence-electron chi connectivity index (χ2n) is 6.43. The Morgan fingerprint density at radius 3 is 2.62 bits per heavy atom. The molecular formula is C17H22F2N4S. The first-order valence-corrected chi connectivity index (χ1v) is 9.45. The highest BCUT2D eigenvalue weighted by molar-refractivity contribution is 7.98. The van der Waals surface area contributed by atoms with Crippen molar-refractivity contribution in [3.63, 3.8) is 0 Å². The van der Waals surface area contributed by atoms with Crippen molar-refractivity contribution >= 4 is 11.8 Å². The van der Waals surface area contributed by atoms with E-state index in [4.69, 9.17) is 4.98 Å². The van der Waals surface area contributed by atoms with Crippen LogP contribution in [0.5, 0.6) is 0 Å². The van der Waals surface area contributed by atoms with Crippen LogP contribution in [0.15, 0.2) is 18.2 Å². The van der Waals surface area contributed by atoms with Crippen molar-refractivity contribution in [3.8, 4) is 5.69 Å². The zero-order valence-corrected chi connectivity index (χ0v) is 15.0. The van der Waals surface area contributed by atoms with Gasteiger partial charge in [-0.2, -0.15) is 16.9 Å². The molecule has 1 aromatic carbocycles. The van der Waals surface area contributed by atoms with E-state index in [-0.39, 0.29) is 0 Å². The lowest BCUT2D eigenvalue weighted by molar-refractivity contribution is 0.160. The monoisotopic (exact) mass is 352 g/mol. The fourth-order valence-electron chi connectivity index (χ4n) is 2.96. The molecule has 4 nitrogen and oxygen atoms in total. The number of rotatable bonds is 6. The van der Waals surface area contributed by atoms with Crippen molar-refractivity contribution in [2.24, 2.45) is 0 Å². The molecule has 1 aliphatic carbocycles. The number of nitrogens with zero attached hydrogens (tertiary/aromatic N) is 4. The van der Waals surface area contributed by atoms with Crippen LogP contribution < -0.4 is 0 Å². The summed E-state index contributed by atoms with van der Waals surface area (Å²) in [5.74, 6) is 1.15. The molecule has 0 aliphatic heterocycles. The minimum absolute atomic E-state index is 0.307. The largest absolute Gasteiger partial charge is 0.306 e. The van der Waals surface area contributed by atoms with Crippen LogP contribution in [0.2, 0.25) is 0 Å². The van der Waals surface area contributed by atoms with E-state index in [1.807, 2.05) is 6.26 Å². The zero-order valence-electron chi connectivity index (χ0n) is 14.2. The fraction of sp³-hybridized carbons (Fsp3) is 0.529. The summed E-state index contributed by atoms with van der Waals surface area (Å²) in [5, 5.41) is 4.55. The average Bonchev–Trinajstić information content (AvgIpc) is 2.90. The topological polar surface area (TPSA) is 34.0 Å². The molecule has 0 saturated heterocycles. The fourth-order valence-corrected chi connectivity index (χ4v) is 3.35. The Morgan fingerprint density at radius 1 is 1.25 bits per heavy atom. The number of halogens is 2. The summed E-state index contributed by atoms with van der Waals surface area (Å²) in [5.41, 5.74) is 0.528. The lowest BCUT2D eigenvalue weighted by Crippen LogP contribution is -2.40. The summed E-state index contributed by atoms with van der Waals surface area (Å²) in [7, 11) is 4.15. The van der Waals surface area contributed by atoms with Crippen LogP contribution in [0.3, 0.4) is 0 Å². The van der Waals surface area contributed by atoms with Crippen molar-refractivity contribution in [1.82, 2.24) is 19.7 Å². The van der Waals surface area contributed by atoms with E-state index in [0.717, 1.165) is 42.7 Å². The minimum atomic E-state index is -0.862. The first-order valence-electron chi connectivity index (χ1n) is 8.06. The quantitative estimate of drug-likeness (QED) is 0.799. The third kappa shape index (κ3) is 3.47. The van der Waals surface area contributed by atoms with E-state index < -0.39 is 11.6 Å². The van der Waals surface area contributed by atoms with Crippen LogP contribution in [0.4, 0.5) is 8.78 Å². The van der Waals surface area contributed by atoms with Gasteiger partial charge in [-0.1, -0.05) is 0 Å². The van der Waals surface area contributed by atoms with Gasteiger partial charge in [0.1, 0.15) is 5.82 Å².